The van der Waals surface area contributed by atoms with Crippen molar-refractivity contribution < 1.29 is 14.8 Å². The van der Waals surface area contributed by atoms with E-state index in [9.17, 15) is 14.9 Å². The van der Waals surface area contributed by atoms with Crippen LogP contribution in [0.3, 0.4) is 0 Å². The number of carbonyl (C=O) groups is 1. The molecule has 6 nitrogen and oxygen atoms in total. The summed E-state index contributed by atoms with van der Waals surface area (Å²) in [7, 11) is 0. The van der Waals surface area contributed by atoms with Gasteiger partial charge < -0.3 is 10.4 Å². The largest absolute Gasteiger partial charge is 0.394 e. The molecule has 0 bridgehead atoms. The monoisotopic (exact) mass is 252 g/mol. The average Bonchev–Trinajstić information content (AvgIpc) is 2.35. The Morgan fingerprint density at radius 1 is 1.56 bits per heavy atom. The summed E-state index contributed by atoms with van der Waals surface area (Å²) in [6.45, 7) is 3.21. The molecular formula is C12H16N2O4. The number of hydrogen-bond donors (Lipinski definition) is 2. The fourth-order valence-corrected chi connectivity index (χ4v) is 1.61. The molecule has 0 radical (unpaired) electrons. The number of rotatable bonds is 5. The Kier molecular flexibility index (Phi) is 4.79. The highest BCUT2D eigenvalue weighted by atomic mass is 16.6. The summed E-state index contributed by atoms with van der Waals surface area (Å²) >= 11 is 0. The minimum atomic E-state index is -0.518. The first-order valence-electron chi connectivity index (χ1n) is 5.67. The summed E-state index contributed by atoms with van der Waals surface area (Å²) in [6.07, 6.45) is 0.593. The van der Waals surface area contributed by atoms with Gasteiger partial charge in [0.2, 0.25) is 0 Å². The number of carbonyl (C=O) groups excluding carboxylic acids is 1. The third-order valence-electron chi connectivity index (χ3n) is 2.79. The van der Waals surface area contributed by atoms with Crippen LogP contribution >= 0.6 is 0 Å². The second kappa shape index (κ2) is 6.11. The molecule has 98 valence electrons. The number of benzene rings is 1. The first kappa shape index (κ1) is 14.1. The summed E-state index contributed by atoms with van der Waals surface area (Å²) in [5.41, 5.74) is 0.503. The Morgan fingerprint density at radius 2 is 2.22 bits per heavy atom. The van der Waals surface area contributed by atoms with Crippen LogP contribution < -0.4 is 5.32 Å². The molecule has 0 aliphatic carbocycles. The fourth-order valence-electron chi connectivity index (χ4n) is 1.61. The first-order valence-corrected chi connectivity index (χ1v) is 5.67. The number of aliphatic hydroxyl groups excluding tert-OH is 1. The zero-order valence-corrected chi connectivity index (χ0v) is 10.3. The fraction of sp³-hybridized carbons (Fsp3) is 0.417. The lowest BCUT2D eigenvalue weighted by atomic mass is 10.1. The van der Waals surface area contributed by atoms with E-state index in [1.165, 1.54) is 25.1 Å². The van der Waals surface area contributed by atoms with Crippen LogP contribution in [0.2, 0.25) is 0 Å². The van der Waals surface area contributed by atoms with Gasteiger partial charge in [0.05, 0.1) is 17.6 Å². The molecule has 1 aromatic carbocycles. The van der Waals surface area contributed by atoms with Gasteiger partial charge in [-0.15, -0.1) is 0 Å². The maximum absolute atomic E-state index is 11.9. The van der Waals surface area contributed by atoms with E-state index >= 15 is 0 Å². The number of nitrogens with one attached hydrogen (secondary N) is 1. The topological polar surface area (TPSA) is 92.5 Å². The Labute approximate surface area is 105 Å². The van der Waals surface area contributed by atoms with E-state index in [4.69, 9.17) is 5.11 Å². The zero-order valence-electron chi connectivity index (χ0n) is 10.3. The average molecular weight is 252 g/mol. The van der Waals surface area contributed by atoms with Gasteiger partial charge in [-0.2, -0.15) is 0 Å². The predicted molar refractivity (Wildman–Crippen MR) is 66.5 cm³/mol. The van der Waals surface area contributed by atoms with Crippen LogP contribution in [-0.4, -0.2) is 28.6 Å². The number of nitro benzene ring substituents is 1. The molecule has 0 fully saturated rings. The molecule has 0 saturated heterocycles. The Hall–Kier alpha value is -1.95. The van der Waals surface area contributed by atoms with Gasteiger partial charge in [-0.25, -0.2) is 0 Å². The third kappa shape index (κ3) is 3.04. The SMILES string of the molecule is CC[C@H](CO)NC(=O)c1cccc([N+](=O)[O-])c1C. The van der Waals surface area contributed by atoms with Gasteiger partial charge in [0, 0.05) is 17.2 Å². The first-order chi connectivity index (χ1) is 8.51. The van der Waals surface area contributed by atoms with Gasteiger partial charge in [0.25, 0.3) is 11.6 Å². The lowest BCUT2D eigenvalue weighted by Crippen LogP contribution is -2.37. The number of nitrogens with zero attached hydrogens (tertiary/aromatic N) is 1. The number of nitro groups is 1. The van der Waals surface area contributed by atoms with Gasteiger partial charge >= 0.3 is 0 Å². The minimum absolute atomic E-state index is 0.0836. The second-order valence-electron chi connectivity index (χ2n) is 3.97. The van der Waals surface area contributed by atoms with Crippen molar-refractivity contribution in [3.63, 3.8) is 0 Å². The van der Waals surface area contributed by atoms with Crippen LogP contribution in [-0.2, 0) is 0 Å². The lowest BCUT2D eigenvalue weighted by Gasteiger charge is -2.14. The van der Waals surface area contributed by atoms with Crippen molar-refractivity contribution in [2.24, 2.45) is 0 Å². The molecule has 6 heteroatoms. The molecule has 1 atom stereocenters. The molecule has 0 aliphatic heterocycles. The highest BCUT2D eigenvalue weighted by Crippen LogP contribution is 2.21. The highest BCUT2D eigenvalue weighted by Gasteiger charge is 2.19. The smallest absolute Gasteiger partial charge is 0.273 e. The van der Waals surface area contributed by atoms with Crippen LogP contribution in [0.4, 0.5) is 5.69 Å². The quantitative estimate of drug-likeness (QED) is 0.612. The Morgan fingerprint density at radius 3 is 2.72 bits per heavy atom. The second-order valence-corrected chi connectivity index (χ2v) is 3.97. The molecule has 1 aromatic rings. The van der Waals surface area contributed by atoms with Gasteiger partial charge in [-0.05, 0) is 19.4 Å². The van der Waals surface area contributed by atoms with Crippen molar-refractivity contribution in [3.8, 4) is 0 Å². The zero-order chi connectivity index (χ0) is 13.7. The van der Waals surface area contributed by atoms with Crippen molar-refractivity contribution in [2.45, 2.75) is 26.3 Å². The van der Waals surface area contributed by atoms with E-state index in [1.807, 2.05) is 6.92 Å². The molecule has 0 unspecified atom stereocenters. The molecule has 18 heavy (non-hydrogen) atoms. The van der Waals surface area contributed by atoms with Crippen molar-refractivity contribution in [2.75, 3.05) is 6.61 Å². The molecule has 1 rings (SSSR count). The number of aliphatic hydroxyl groups is 1. The van der Waals surface area contributed by atoms with Gasteiger partial charge in [0.15, 0.2) is 0 Å². The summed E-state index contributed by atoms with van der Waals surface area (Å²) < 4.78 is 0. The predicted octanol–water partition coefficient (Wildman–Crippen LogP) is 1.40. The minimum Gasteiger partial charge on any atom is -0.394 e. The van der Waals surface area contributed by atoms with Crippen LogP contribution in [0.15, 0.2) is 18.2 Å². The molecule has 2 N–H and O–H groups in total. The standard InChI is InChI=1S/C12H16N2O4/c1-3-9(7-15)13-12(16)10-5-4-6-11(8(10)2)14(17)18/h4-6,9,15H,3,7H2,1-2H3,(H,13,16)/t9-/m1/s1. The highest BCUT2D eigenvalue weighted by molar-refractivity contribution is 5.96. The molecule has 0 spiro atoms. The van der Waals surface area contributed by atoms with Crippen molar-refractivity contribution in [1.82, 2.24) is 5.32 Å². The van der Waals surface area contributed by atoms with Crippen LogP contribution in [0.1, 0.15) is 29.3 Å². The molecular weight excluding hydrogens is 236 g/mol. The Balaban J connectivity index is 2.99. The molecule has 0 aliphatic rings. The molecule has 0 aromatic heterocycles. The van der Waals surface area contributed by atoms with E-state index in [-0.39, 0.29) is 23.9 Å². The van der Waals surface area contributed by atoms with Crippen molar-refractivity contribution >= 4 is 11.6 Å². The summed E-state index contributed by atoms with van der Waals surface area (Å²) in [4.78, 5) is 22.2. The van der Waals surface area contributed by atoms with Crippen LogP contribution in [0, 0.1) is 17.0 Å². The molecule has 0 heterocycles. The van der Waals surface area contributed by atoms with E-state index in [0.29, 0.717) is 12.0 Å². The van der Waals surface area contributed by atoms with Crippen molar-refractivity contribution in [1.29, 1.82) is 0 Å². The summed E-state index contributed by atoms with van der Waals surface area (Å²) in [6, 6.07) is 4.02. The lowest BCUT2D eigenvalue weighted by molar-refractivity contribution is -0.385. The summed E-state index contributed by atoms with van der Waals surface area (Å²) in [5, 5.41) is 22.4. The Bertz CT molecular complexity index is 455. The van der Waals surface area contributed by atoms with Gasteiger partial charge in [-0.3, -0.25) is 14.9 Å². The van der Waals surface area contributed by atoms with E-state index in [1.54, 1.807) is 0 Å². The van der Waals surface area contributed by atoms with Gasteiger partial charge in [0.1, 0.15) is 0 Å². The molecule has 1 amide bonds. The van der Waals surface area contributed by atoms with E-state index in [2.05, 4.69) is 5.32 Å². The van der Waals surface area contributed by atoms with Crippen LogP contribution in [0.5, 0.6) is 0 Å². The van der Waals surface area contributed by atoms with E-state index < -0.39 is 10.8 Å². The third-order valence-corrected chi connectivity index (χ3v) is 2.79. The number of amides is 1. The van der Waals surface area contributed by atoms with Crippen LogP contribution in [0.25, 0.3) is 0 Å². The summed E-state index contributed by atoms with van der Waals surface area (Å²) in [5.74, 6) is -0.405. The van der Waals surface area contributed by atoms with Gasteiger partial charge in [-0.1, -0.05) is 13.0 Å². The maximum atomic E-state index is 11.9. The molecule has 0 saturated carbocycles. The maximum Gasteiger partial charge on any atom is 0.273 e. The normalized spacial score (nSPS) is 11.9. The van der Waals surface area contributed by atoms with Crippen molar-refractivity contribution in [3.05, 3.63) is 39.4 Å². The van der Waals surface area contributed by atoms with E-state index in [0.717, 1.165) is 0 Å². The number of hydrogen-bond acceptors (Lipinski definition) is 4.